The first kappa shape index (κ1) is 15.8. The van der Waals surface area contributed by atoms with E-state index < -0.39 is 0 Å². The number of nitrogens with one attached hydrogen (secondary N) is 1. The maximum atomic E-state index is 11.9. The van der Waals surface area contributed by atoms with Gasteiger partial charge in [-0.25, -0.2) is 0 Å². The molecule has 3 aromatic rings. The number of aromatic hydroxyl groups is 1. The summed E-state index contributed by atoms with van der Waals surface area (Å²) in [5.74, 6) is 0.0975. The van der Waals surface area contributed by atoms with Gasteiger partial charge in [0, 0.05) is 23.1 Å². The molecule has 0 spiro atoms. The number of Topliss-reactive ketones (excluding diaryl/α,β-unsaturated/α-hetero) is 1. The van der Waals surface area contributed by atoms with Crippen molar-refractivity contribution in [2.24, 2.45) is 0 Å². The number of phenolic OH excluding ortho intramolecular Hbond substituents is 1. The summed E-state index contributed by atoms with van der Waals surface area (Å²) >= 11 is 0. The molecule has 2 N–H and O–H groups in total. The molecule has 24 heavy (non-hydrogen) atoms. The van der Waals surface area contributed by atoms with E-state index in [0.717, 1.165) is 22.0 Å². The SMILES string of the molecule is CC(=O)c1ccc(OCc2cc(=O)[nH]c3c(C)cccc23)cc1O. The van der Waals surface area contributed by atoms with Gasteiger partial charge >= 0.3 is 0 Å². The van der Waals surface area contributed by atoms with Gasteiger partial charge in [0.15, 0.2) is 5.78 Å². The number of fused-ring (bicyclic) bond motifs is 1. The van der Waals surface area contributed by atoms with E-state index >= 15 is 0 Å². The molecule has 1 aromatic heterocycles. The summed E-state index contributed by atoms with van der Waals surface area (Å²) in [6.45, 7) is 3.50. The van der Waals surface area contributed by atoms with Gasteiger partial charge in [0.05, 0.1) is 11.1 Å². The molecule has 5 nitrogen and oxygen atoms in total. The fourth-order valence-corrected chi connectivity index (χ4v) is 2.68. The number of H-pyrrole nitrogens is 1. The van der Waals surface area contributed by atoms with Crippen LogP contribution in [-0.2, 0) is 6.61 Å². The zero-order valence-corrected chi connectivity index (χ0v) is 13.4. The fraction of sp³-hybridized carbons (Fsp3) is 0.158. The number of carbonyl (C=O) groups excluding carboxylic acids is 1. The van der Waals surface area contributed by atoms with Crippen molar-refractivity contribution < 1.29 is 14.6 Å². The third-order valence-electron chi connectivity index (χ3n) is 3.92. The Morgan fingerprint density at radius 1 is 1.21 bits per heavy atom. The number of aromatic nitrogens is 1. The molecule has 0 saturated heterocycles. The number of rotatable bonds is 4. The zero-order chi connectivity index (χ0) is 17.3. The molecule has 0 radical (unpaired) electrons. The van der Waals surface area contributed by atoms with Crippen LogP contribution in [0.4, 0.5) is 0 Å². The number of hydrogen-bond acceptors (Lipinski definition) is 4. The van der Waals surface area contributed by atoms with Gasteiger partial charge in [-0.05, 0) is 31.5 Å². The van der Waals surface area contributed by atoms with Crippen molar-refractivity contribution in [3.63, 3.8) is 0 Å². The van der Waals surface area contributed by atoms with E-state index in [-0.39, 0.29) is 29.3 Å². The van der Waals surface area contributed by atoms with Gasteiger partial charge in [-0.3, -0.25) is 9.59 Å². The van der Waals surface area contributed by atoms with Crippen LogP contribution in [-0.4, -0.2) is 15.9 Å². The summed E-state index contributed by atoms with van der Waals surface area (Å²) in [4.78, 5) is 26.0. The lowest BCUT2D eigenvalue weighted by Gasteiger charge is -2.11. The second-order valence-corrected chi connectivity index (χ2v) is 5.68. The maximum absolute atomic E-state index is 11.9. The standard InChI is InChI=1S/C19H17NO4/c1-11-4-3-5-16-13(8-18(23)20-19(11)16)10-24-14-6-7-15(12(2)21)17(22)9-14/h3-9,22H,10H2,1-2H3,(H,20,23). The Bertz CT molecular complexity index is 988. The Kier molecular flexibility index (Phi) is 4.08. The molecule has 122 valence electrons. The van der Waals surface area contributed by atoms with Crippen LogP contribution in [0.5, 0.6) is 11.5 Å². The average Bonchev–Trinajstić information content (AvgIpc) is 2.53. The van der Waals surface area contributed by atoms with Crippen LogP contribution in [0.2, 0.25) is 0 Å². The predicted molar refractivity (Wildman–Crippen MR) is 91.7 cm³/mol. The smallest absolute Gasteiger partial charge is 0.248 e. The number of ether oxygens (including phenoxy) is 1. The molecular formula is C19H17NO4. The van der Waals surface area contributed by atoms with E-state index in [1.54, 1.807) is 6.07 Å². The Hall–Kier alpha value is -3.08. The second kappa shape index (κ2) is 6.20. The number of para-hydroxylation sites is 1. The number of benzene rings is 2. The lowest BCUT2D eigenvalue weighted by atomic mass is 10.1. The van der Waals surface area contributed by atoms with Gasteiger partial charge in [0.1, 0.15) is 18.1 Å². The van der Waals surface area contributed by atoms with Crippen molar-refractivity contribution in [3.8, 4) is 11.5 Å². The molecule has 0 fully saturated rings. The van der Waals surface area contributed by atoms with Crippen molar-refractivity contribution in [1.82, 2.24) is 4.98 Å². The van der Waals surface area contributed by atoms with Crippen LogP contribution in [0.1, 0.15) is 28.4 Å². The highest BCUT2D eigenvalue weighted by Crippen LogP contribution is 2.25. The van der Waals surface area contributed by atoms with Gasteiger partial charge in [-0.15, -0.1) is 0 Å². The first-order valence-corrected chi connectivity index (χ1v) is 7.54. The number of ketones is 1. The highest BCUT2D eigenvalue weighted by Gasteiger charge is 2.09. The van der Waals surface area contributed by atoms with Crippen LogP contribution in [0.3, 0.4) is 0 Å². The summed E-state index contributed by atoms with van der Waals surface area (Å²) in [6, 6.07) is 11.8. The van der Waals surface area contributed by atoms with Crippen LogP contribution < -0.4 is 10.3 Å². The molecule has 1 heterocycles. The lowest BCUT2D eigenvalue weighted by Crippen LogP contribution is -2.09. The molecule has 0 amide bonds. The Morgan fingerprint density at radius 2 is 2.00 bits per heavy atom. The van der Waals surface area contributed by atoms with Crippen molar-refractivity contribution in [3.05, 3.63) is 69.5 Å². The molecule has 0 aliphatic heterocycles. The third kappa shape index (κ3) is 3.01. The number of hydrogen-bond donors (Lipinski definition) is 2. The van der Waals surface area contributed by atoms with Gasteiger partial charge in [-0.2, -0.15) is 0 Å². The molecule has 0 unspecified atom stereocenters. The minimum Gasteiger partial charge on any atom is -0.507 e. The maximum Gasteiger partial charge on any atom is 0.248 e. The number of aryl methyl sites for hydroxylation is 1. The lowest BCUT2D eigenvalue weighted by molar-refractivity contribution is 0.101. The highest BCUT2D eigenvalue weighted by molar-refractivity contribution is 5.96. The molecule has 0 atom stereocenters. The second-order valence-electron chi connectivity index (χ2n) is 5.68. The van der Waals surface area contributed by atoms with Gasteiger partial charge < -0.3 is 14.8 Å². The van der Waals surface area contributed by atoms with Gasteiger partial charge in [0.25, 0.3) is 0 Å². The van der Waals surface area contributed by atoms with Crippen molar-refractivity contribution >= 4 is 16.7 Å². The number of carbonyl (C=O) groups is 1. The molecular weight excluding hydrogens is 306 g/mol. The predicted octanol–water partition coefficient (Wildman–Crippen LogP) is 3.32. The molecule has 0 saturated carbocycles. The molecule has 0 aliphatic carbocycles. The first-order valence-electron chi connectivity index (χ1n) is 7.54. The summed E-state index contributed by atoms with van der Waals surface area (Å²) in [5.41, 5.74) is 2.59. The summed E-state index contributed by atoms with van der Waals surface area (Å²) in [6.07, 6.45) is 0. The van der Waals surface area contributed by atoms with Crippen molar-refractivity contribution in [2.45, 2.75) is 20.5 Å². The topological polar surface area (TPSA) is 79.4 Å². The van der Waals surface area contributed by atoms with E-state index in [2.05, 4.69) is 4.98 Å². The van der Waals surface area contributed by atoms with Crippen molar-refractivity contribution in [1.29, 1.82) is 0 Å². The number of pyridine rings is 1. The summed E-state index contributed by atoms with van der Waals surface area (Å²) < 4.78 is 5.69. The highest BCUT2D eigenvalue weighted by atomic mass is 16.5. The normalized spacial score (nSPS) is 10.8. The first-order chi connectivity index (χ1) is 11.5. The van der Waals surface area contributed by atoms with Crippen LogP contribution >= 0.6 is 0 Å². The van der Waals surface area contributed by atoms with Crippen LogP contribution in [0, 0.1) is 6.92 Å². The monoisotopic (exact) mass is 323 g/mol. The number of aromatic amines is 1. The quantitative estimate of drug-likeness (QED) is 0.722. The van der Waals surface area contributed by atoms with Crippen LogP contribution in [0.15, 0.2) is 47.3 Å². The Labute approximate surface area is 138 Å². The number of phenols is 1. The molecule has 2 aromatic carbocycles. The molecule has 3 rings (SSSR count). The largest absolute Gasteiger partial charge is 0.507 e. The van der Waals surface area contributed by atoms with Gasteiger partial charge in [0.2, 0.25) is 5.56 Å². The van der Waals surface area contributed by atoms with E-state index in [0.29, 0.717) is 5.75 Å². The zero-order valence-electron chi connectivity index (χ0n) is 13.4. The van der Waals surface area contributed by atoms with Crippen LogP contribution in [0.25, 0.3) is 10.9 Å². The molecule has 0 bridgehead atoms. The fourth-order valence-electron chi connectivity index (χ4n) is 2.68. The molecule has 0 aliphatic rings. The molecule has 5 heteroatoms. The van der Waals surface area contributed by atoms with Gasteiger partial charge in [-0.1, -0.05) is 18.2 Å². The van der Waals surface area contributed by atoms with E-state index in [1.165, 1.54) is 25.1 Å². The Morgan fingerprint density at radius 3 is 2.71 bits per heavy atom. The Balaban J connectivity index is 1.91. The average molecular weight is 323 g/mol. The summed E-state index contributed by atoms with van der Waals surface area (Å²) in [5, 5.41) is 10.8. The third-order valence-corrected chi connectivity index (χ3v) is 3.92. The van der Waals surface area contributed by atoms with Crippen molar-refractivity contribution in [2.75, 3.05) is 0 Å². The van der Waals surface area contributed by atoms with E-state index in [1.807, 2.05) is 25.1 Å². The summed E-state index contributed by atoms with van der Waals surface area (Å²) in [7, 11) is 0. The minimum absolute atomic E-state index is 0.119. The van der Waals surface area contributed by atoms with E-state index in [4.69, 9.17) is 4.74 Å². The minimum atomic E-state index is -0.213. The van der Waals surface area contributed by atoms with E-state index in [9.17, 15) is 14.7 Å².